The van der Waals surface area contributed by atoms with Gasteiger partial charge in [-0.25, -0.2) is 4.98 Å². The lowest BCUT2D eigenvalue weighted by molar-refractivity contribution is -0.123. The number of aromatic nitrogens is 1. The summed E-state index contributed by atoms with van der Waals surface area (Å²) in [4.78, 5) is 31.5. The summed E-state index contributed by atoms with van der Waals surface area (Å²) < 4.78 is 10.9. The van der Waals surface area contributed by atoms with Crippen LogP contribution >= 0.6 is 11.3 Å². The highest BCUT2D eigenvalue weighted by Gasteiger charge is 2.20. The molecule has 1 saturated heterocycles. The summed E-state index contributed by atoms with van der Waals surface area (Å²) >= 11 is 1.30. The van der Waals surface area contributed by atoms with Gasteiger partial charge in [-0.3, -0.25) is 20.4 Å². The fourth-order valence-electron chi connectivity index (χ4n) is 2.87. The number of morpholine rings is 1. The Morgan fingerprint density at radius 2 is 1.86 bits per heavy atom. The Morgan fingerprint density at radius 3 is 2.54 bits per heavy atom. The van der Waals surface area contributed by atoms with Gasteiger partial charge in [0.05, 0.1) is 18.9 Å². The summed E-state index contributed by atoms with van der Waals surface area (Å²) in [5, 5.41) is 0.788. The van der Waals surface area contributed by atoms with E-state index in [0.717, 1.165) is 29.3 Å². The fourth-order valence-corrected chi connectivity index (χ4v) is 3.88. The van der Waals surface area contributed by atoms with Crippen molar-refractivity contribution < 1.29 is 19.1 Å². The Morgan fingerprint density at radius 1 is 1.18 bits per heavy atom. The van der Waals surface area contributed by atoms with Crippen molar-refractivity contribution in [3.05, 3.63) is 39.9 Å². The molecule has 2 aromatic rings. The number of hydrogen-bond acceptors (Lipinski definition) is 7. The van der Waals surface area contributed by atoms with Crippen molar-refractivity contribution in [1.29, 1.82) is 0 Å². The molecule has 0 radical (unpaired) electrons. The number of carbonyl (C=O) groups excluding carboxylic acids is 2. The zero-order valence-electron chi connectivity index (χ0n) is 16.2. The minimum absolute atomic E-state index is 0.188. The number of aryl methyl sites for hydroxylation is 3. The number of hydrogen-bond donors (Lipinski definition) is 2. The quantitative estimate of drug-likeness (QED) is 0.738. The Kier molecular flexibility index (Phi) is 6.48. The third-order valence-corrected chi connectivity index (χ3v) is 5.56. The SMILES string of the molecule is Cc1cccc(C)c1OCC(=O)NNC(=O)c1sc(N2CCOCC2)nc1C. The maximum Gasteiger partial charge on any atom is 0.281 e. The molecule has 1 aliphatic heterocycles. The molecule has 0 unspecified atom stereocenters. The number of anilines is 1. The highest BCUT2D eigenvalue weighted by molar-refractivity contribution is 7.17. The molecule has 0 saturated carbocycles. The van der Waals surface area contributed by atoms with Crippen molar-refractivity contribution >= 4 is 28.3 Å². The van der Waals surface area contributed by atoms with Crippen LogP contribution in [0.3, 0.4) is 0 Å². The minimum Gasteiger partial charge on any atom is -0.483 e. The number of ether oxygens (including phenoxy) is 2. The van der Waals surface area contributed by atoms with Crippen LogP contribution in [0.15, 0.2) is 18.2 Å². The van der Waals surface area contributed by atoms with Crippen LogP contribution in [0.1, 0.15) is 26.5 Å². The Balaban J connectivity index is 1.52. The van der Waals surface area contributed by atoms with E-state index in [1.165, 1.54) is 11.3 Å². The number of para-hydroxylation sites is 1. The van der Waals surface area contributed by atoms with Gasteiger partial charge in [-0.05, 0) is 31.9 Å². The van der Waals surface area contributed by atoms with Gasteiger partial charge in [0.2, 0.25) is 0 Å². The Labute approximate surface area is 167 Å². The van der Waals surface area contributed by atoms with E-state index in [1.54, 1.807) is 6.92 Å². The molecule has 1 aliphatic rings. The number of hydrazine groups is 1. The average molecular weight is 404 g/mol. The molecule has 8 nitrogen and oxygen atoms in total. The molecule has 1 aromatic heterocycles. The average Bonchev–Trinajstić information content (AvgIpc) is 3.08. The zero-order valence-corrected chi connectivity index (χ0v) is 17.0. The smallest absolute Gasteiger partial charge is 0.281 e. The van der Waals surface area contributed by atoms with Gasteiger partial charge in [0.1, 0.15) is 10.6 Å². The van der Waals surface area contributed by atoms with E-state index in [0.29, 0.717) is 29.5 Å². The van der Waals surface area contributed by atoms with E-state index in [-0.39, 0.29) is 6.61 Å². The monoisotopic (exact) mass is 404 g/mol. The minimum atomic E-state index is -0.438. The summed E-state index contributed by atoms with van der Waals surface area (Å²) in [5.74, 6) is -0.154. The van der Waals surface area contributed by atoms with Gasteiger partial charge >= 0.3 is 0 Å². The molecule has 3 rings (SSSR count). The molecule has 2 heterocycles. The van der Waals surface area contributed by atoms with Crippen molar-refractivity contribution in [2.75, 3.05) is 37.8 Å². The van der Waals surface area contributed by atoms with Gasteiger partial charge in [0.15, 0.2) is 11.7 Å². The van der Waals surface area contributed by atoms with Crippen LogP contribution in [0.2, 0.25) is 0 Å². The van der Waals surface area contributed by atoms with E-state index >= 15 is 0 Å². The number of benzene rings is 1. The third-order valence-electron chi connectivity index (χ3n) is 4.34. The van der Waals surface area contributed by atoms with Crippen molar-refractivity contribution in [3.8, 4) is 5.75 Å². The topological polar surface area (TPSA) is 92.8 Å². The molecule has 0 aliphatic carbocycles. The predicted octanol–water partition coefficient (Wildman–Crippen LogP) is 1.74. The molecule has 0 bridgehead atoms. The second kappa shape index (κ2) is 9.03. The highest BCUT2D eigenvalue weighted by Crippen LogP contribution is 2.26. The summed E-state index contributed by atoms with van der Waals surface area (Å²) in [5.41, 5.74) is 7.35. The first-order valence-electron chi connectivity index (χ1n) is 9.04. The van der Waals surface area contributed by atoms with Crippen LogP contribution in [0.4, 0.5) is 5.13 Å². The number of nitrogens with one attached hydrogen (secondary N) is 2. The van der Waals surface area contributed by atoms with Crippen LogP contribution in [0.25, 0.3) is 0 Å². The van der Waals surface area contributed by atoms with Crippen molar-refractivity contribution in [3.63, 3.8) is 0 Å². The van der Waals surface area contributed by atoms with E-state index in [4.69, 9.17) is 9.47 Å². The molecular weight excluding hydrogens is 380 g/mol. The maximum atomic E-state index is 12.4. The molecule has 2 amide bonds. The van der Waals surface area contributed by atoms with E-state index < -0.39 is 11.8 Å². The molecule has 2 N–H and O–H groups in total. The number of amides is 2. The number of rotatable bonds is 5. The van der Waals surface area contributed by atoms with E-state index in [9.17, 15) is 9.59 Å². The van der Waals surface area contributed by atoms with Crippen molar-refractivity contribution in [2.45, 2.75) is 20.8 Å². The second-order valence-corrected chi connectivity index (χ2v) is 7.50. The summed E-state index contributed by atoms with van der Waals surface area (Å²) in [7, 11) is 0. The molecule has 0 atom stereocenters. The number of thiazole rings is 1. The van der Waals surface area contributed by atoms with Crippen LogP contribution in [-0.4, -0.2) is 49.7 Å². The predicted molar refractivity (Wildman–Crippen MR) is 107 cm³/mol. The molecule has 9 heteroatoms. The van der Waals surface area contributed by atoms with Gasteiger partial charge in [0.25, 0.3) is 11.8 Å². The summed E-state index contributed by atoms with van der Waals surface area (Å²) in [6, 6.07) is 5.77. The first-order valence-corrected chi connectivity index (χ1v) is 9.85. The fraction of sp³-hybridized carbons (Fsp3) is 0.421. The Hall–Kier alpha value is -2.65. The molecule has 0 spiro atoms. The van der Waals surface area contributed by atoms with Gasteiger partial charge in [0, 0.05) is 13.1 Å². The Bertz CT molecular complexity index is 841. The molecule has 1 aromatic carbocycles. The first-order chi connectivity index (χ1) is 13.5. The van der Waals surface area contributed by atoms with E-state index in [1.807, 2.05) is 32.0 Å². The standard InChI is InChI=1S/C19H24N4O4S/c1-12-5-4-6-13(2)16(12)27-11-15(24)21-22-18(25)17-14(3)20-19(28-17)23-7-9-26-10-8-23/h4-6H,7-11H2,1-3H3,(H,21,24)(H,22,25). The van der Waals surface area contributed by atoms with Gasteiger partial charge in [-0.2, -0.15) is 0 Å². The van der Waals surface area contributed by atoms with Gasteiger partial charge < -0.3 is 14.4 Å². The second-order valence-electron chi connectivity index (χ2n) is 6.52. The molecule has 150 valence electrons. The normalized spacial score (nSPS) is 13.9. The van der Waals surface area contributed by atoms with Crippen LogP contribution in [-0.2, 0) is 9.53 Å². The lowest BCUT2D eigenvalue weighted by Crippen LogP contribution is -2.43. The lowest BCUT2D eigenvalue weighted by Gasteiger charge is -2.25. The maximum absolute atomic E-state index is 12.4. The zero-order chi connectivity index (χ0) is 20.1. The lowest BCUT2D eigenvalue weighted by atomic mass is 10.1. The molecular formula is C19H24N4O4S. The van der Waals surface area contributed by atoms with Crippen molar-refractivity contribution in [1.82, 2.24) is 15.8 Å². The largest absolute Gasteiger partial charge is 0.483 e. The van der Waals surface area contributed by atoms with Gasteiger partial charge in [-0.15, -0.1) is 0 Å². The summed E-state index contributed by atoms with van der Waals surface area (Å²) in [6.45, 7) is 8.23. The highest BCUT2D eigenvalue weighted by atomic mass is 32.1. The van der Waals surface area contributed by atoms with Crippen LogP contribution < -0.4 is 20.5 Å². The third kappa shape index (κ3) is 4.79. The van der Waals surface area contributed by atoms with Crippen molar-refractivity contribution in [2.24, 2.45) is 0 Å². The van der Waals surface area contributed by atoms with Gasteiger partial charge in [-0.1, -0.05) is 29.5 Å². The number of carbonyl (C=O) groups is 2. The van der Waals surface area contributed by atoms with Crippen LogP contribution in [0.5, 0.6) is 5.75 Å². The van der Waals surface area contributed by atoms with Crippen LogP contribution in [0, 0.1) is 20.8 Å². The summed E-state index contributed by atoms with van der Waals surface area (Å²) in [6.07, 6.45) is 0. The molecule has 1 fully saturated rings. The molecule has 28 heavy (non-hydrogen) atoms. The van der Waals surface area contributed by atoms with E-state index in [2.05, 4.69) is 20.7 Å². The first kappa shape index (κ1) is 20.1. The number of nitrogens with zero attached hydrogens (tertiary/aromatic N) is 2.